The first-order valence-corrected chi connectivity index (χ1v) is 16.3. The van der Waals surface area contributed by atoms with Crippen LogP contribution in [0.1, 0.15) is 11.1 Å². The van der Waals surface area contributed by atoms with Gasteiger partial charge in [-0.1, -0.05) is 67.2 Å². The van der Waals surface area contributed by atoms with Crippen LogP contribution in [0.5, 0.6) is 0 Å². The first-order chi connectivity index (χ1) is 22.6. The van der Waals surface area contributed by atoms with Gasteiger partial charge in [-0.2, -0.15) is 0 Å². The Bertz CT molecular complexity index is 1320. The summed E-state index contributed by atoms with van der Waals surface area (Å²) in [7, 11) is -4.88. The number of aliphatic hydroxyl groups is 1. The predicted octanol–water partition coefficient (Wildman–Crippen LogP) is 1.66. The average molecular weight is 696 g/mol. The van der Waals surface area contributed by atoms with Gasteiger partial charge in [-0.05, 0) is 24.0 Å². The van der Waals surface area contributed by atoms with Crippen molar-refractivity contribution in [2.45, 2.75) is 25.0 Å². The highest BCUT2D eigenvalue weighted by atomic mass is 31.2. The van der Waals surface area contributed by atoms with Crippen molar-refractivity contribution in [3.05, 3.63) is 84.1 Å². The molecule has 17 heteroatoms. The van der Waals surface area contributed by atoms with Crippen molar-refractivity contribution in [3.63, 3.8) is 0 Å². The summed E-state index contributed by atoms with van der Waals surface area (Å²) in [6, 6.07) is 16.9. The van der Waals surface area contributed by atoms with Crippen molar-refractivity contribution in [1.29, 1.82) is 0 Å². The number of rotatable bonds is 25. The monoisotopic (exact) mass is 695 g/mol. The highest BCUT2D eigenvalue weighted by Crippen LogP contribution is 2.45. The number of benzene rings is 2. The quantitative estimate of drug-likeness (QED) is 0.0640. The lowest BCUT2D eigenvalue weighted by atomic mass is 10.0. The van der Waals surface area contributed by atoms with E-state index >= 15 is 0 Å². The summed E-state index contributed by atoms with van der Waals surface area (Å²) in [5.74, 6) is -5.71. The molecule has 0 radical (unpaired) electrons. The number of carbonyl (C=O) groups is 4. The largest absolute Gasteiger partial charge is 0.512 e. The number of aliphatic hydroxyl groups excluding tert-OH is 1. The normalized spacial score (nSPS) is 13.4. The Morgan fingerprint density at radius 3 is 1.58 bits per heavy atom. The first kappa shape index (κ1) is 40.0. The molecule has 2 aromatic rings. The number of carboxylic acid groups (broad SMARTS) is 4. The summed E-state index contributed by atoms with van der Waals surface area (Å²) in [6.45, 7) is -1.20. The SMILES string of the molecule is C=C(O)CN(CCN(CC(=O)O)C(COP(=O)(O)OC(Cc1ccccc1)Cc1ccccc1)CN(CC(=O)O)CC(=O)O)CC(=O)O. The van der Waals surface area contributed by atoms with E-state index in [0.717, 1.165) is 16.0 Å². The molecule has 0 amide bonds. The van der Waals surface area contributed by atoms with E-state index in [-0.39, 0.29) is 38.2 Å². The topological polar surface area (TPSA) is 235 Å². The van der Waals surface area contributed by atoms with Gasteiger partial charge in [0.2, 0.25) is 0 Å². The second kappa shape index (κ2) is 20.3. The molecule has 6 N–H and O–H groups in total. The number of aliphatic carboxylic acids is 4. The number of phosphoric ester groups is 1. The molecule has 0 bridgehead atoms. The van der Waals surface area contributed by atoms with Gasteiger partial charge in [0.25, 0.3) is 0 Å². The summed E-state index contributed by atoms with van der Waals surface area (Å²) >= 11 is 0. The highest BCUT2D eigenvalue weighted by molar-refractivity contribution is 7.47. The van der Waals surface area contributed by atoms with Crippen LogP contribution in [-0.2, 0) is 45.6 Å². The molecule has 0 saturated carbocycles. The second-order valence-electron chi connectivity index (χ2n) is 11.0. The third-order valence-corrected chi connectivity index (χ3v) is 7.87. The molecule has 2 unspecified atom stereocenters. The number of carboxylic acids is 4. The highest BCUT2D eigenvalue weighted by Gasteiger charge is 2.32. The zero-order chi connectivity index (χ0) is 35.7. The smallest absolute Gasteiger partial charge is 0.472 e. The Hall–Kier alpha value is -4.15. The van der Waals surface area contributed by atoms with Gasteiger partial charge in [-0.3, -0.25) is 42.9 Å². The lowest BCUT2D eigenvalue weighted by molar-refractivity contribution is -0.144. The number of nitrogens with zero attached hydrogens (tertiary/aromatic N) is 3. The Morgan fingerprint density at radius 2 is 1.15 bits per heavy atom. The Kier molecular flexibility index (Phi) is 16.9. The van der Waals surface area contributed by atoms with Crippen LogP contribution in [0.2, 0.25) is 0 Å². The molecular weight excluding hydrogens is 653 g/mol. The standard InChI is InChI=1S/C31H42N3O13P/c1-23(35)16-32(18-28(36)37)12-13-34(21-31(42)43)26(17-33(19-29(38)39)20-30(40)41)22-46-48(44,45)47-27(14-24-8-4-2-5-9-24)15-25-10-6-3-7-11-25/h2-11,26-27,35H,1,12-22H2,(H,36,37)(H,38,39)(H,40,41)(H,42,43)(H,44,45). The zero-order valence-electron chi connectivity index (χ0n) is 26.2. The third-order valence-electron chi connectivity index (χ3n) is 6.83. The molecular formula is C31H42N3O13P. The fourth-order valence-corrected chi connectivity index (χ4v) is 5.88. The molecule has 0 aliphatic heterocycles. The van der Waals surface area contributed by atoms with Gasteiger partial charge in [0.1, 0.15) is 0 Å². The second-order valence-corrected chi connectivity index (χ2v) is 12.4. The molecule has 48 heavy (non-hydrogen) atoms. The van der Waals surface area contributed by atoms with Gasteiger partial charge in [-0.25, -0.2) is 4.57 Å². The molecule has 0 aromatic heterocycles. The molecule has 16 nitrogen and oxygen atoms in total. The minimum absolute atomic E-state index is 0.142. The van der Waals surface area contributed by atoms with Crippen molar-refractivity contribution in [2.75, 3.05) is 59.0 Å². The van der Waals surface area contributed by atoms with Crippen LogP contribution in [0.25, 0.3) is 0 Å². The maximum Gasteiger partial charge on any atom is 0.472 e. The summed E-state index contributed by atoms with van der Waals surface area (Å²) in [4.78, 5) is 60.6. The maximum absolute atomic E-state index is 13.4. The lowest BCUT2D eigenvalue weighted by Crippen LogP contribution is -2.52. The van der Waals surface area contributed by atoms with Crippen LogP contribution >= 0.6 is 7.82 Å². The molecule has 0 fully saturated rings. The molecule has 2 rings (SSSR count). The van der Waals surface area contributed by atoms with Crippen molar-refractivity contribution >= 4 is 31.7 Å². The van der Waals surface area contributed by atoms with Crippen molar-refractivity contribution in [3.8, 4) is 0 Å². The molecule has 264 valence electrons. The molecule has 0 spiro atoms. The van der Waals surface area contributed by atoms with E-state index < -0.39 is 83.2 Å². The van der Waals surface area contributed by atoms with E-state index in [0.29, 0.717) is 0 Å². The van der Waals surface area contributed by atoms with Gasteiger partial charge in [0.15, 0.2) is 0 Å². The van der Waals surface area contributed by atoms with Crippen LogP contribution in [0, 0.1) is 0 Å². The van der Waals surface area contributed by atoms with Crippen LogP contribution in [0.3, 0.4) is 0 Å². The molecule has 0 aliphatic rings. The average Bonchev–Trinajstić information content (AvgIpc) is 2.96. The Labute approximate surface area is 277 Å². The summed E-state index contributed by atoms with van der Waals surface area (Å²) < 4.78 is 24.4. The van der Waals surface area contributed by atoms with Gasteiger partial charge in [0.05, 0.1) is 51.2 Å². The van der Waals surface area contributed by atoms with E-state index in [2.05, 4.69) is 6.58 Å². The van der Waals surface area contributed by atoms with E-state index in [9.17, 15) is 54.2 Å². The summed E-state index contributed by atoms with van der Waals surface area (Å²) in [6.07, 6.45) is -0.372. The number of phosphoric acid groups is 1. The fraction of sp³-hybridized carbons (Fsp3) is 0.419. The van der Waals surface area contributed by atoms with Gasteiger partial charge in [0, 0.05) is 25.7 Å². The van der Waals surface area contributed by atoms with Crippen molar-refractivity contribution < 1.29 is 63.2 Å². The van der Waals surface area contributed by atoms with Crippen molar-refractivity contribution in [1.82, 2.24) is 14.7 Å². The van der Waals surface area contributed by atoms with Crippen molar-refractivity contribution in [2.24, 2.45) is 0 Å². The maximum atomic E-state index is 13.4. The molecule has 0 saturated heterocycles. The van der Waals surface area contributed by atoms with E-state index in [1.165, 1.54) is 9.80 Å². The predicted molar refractivity (Wildman–Crippen MR) is 171 cm³/mol. The minimum Gasteiger partial charge on any atom is -0.512 e. The Balaban J connectivity index is 2.36. The fourth-order valence-electron chi connectivity index (χ4n) is 4.94. The van der Waals surface area contributed by atoms with E-state index in [1.54, 1.807) is 24.3 Å². The molecule has 2 aromatic carbocycles. The van der Waals surface area contributed by atoms with Crippen LogP contribution in [0.4, 0.5) is 0 Å². The summed E-state index contributed by atoms with van der Waals surface area (Å²) in [5.41, 5.74) is 1.64. The zero-order valence-corrected chi connectivity index (χ0v) is 27.1. The third kappa shape index (κ3) is 17.1. The molecule has 0 heterocycles. The van der Waals surface area contributed by atoms with Crippen LogP contribution < -0.4 is 0 Å². The summed E-state index contributed by atoms with van der Waals surface area (Å²) in [5, 5.41) is 47.3. The van der Waals surface area contributed by atoms with Gasteiger partial charge >= 0.3 is 31.7 Å². The first-order valence-electron chi connectivity index (χ1n) is 14.8. The molecule has 0 aliphatic carbocycles. The van der Waals surface area contributed by atoms with Gasteiger partial charge < -0.3 is 30.4 Å². The van der Waals surface area contributed by atoms with E-state index in [4.69, 9.17) is 9.05 Å². The Morgan fingerprint density at radius 1 is 0.688 bits per heavy atom. The van der Waals surface area contributed by atoms with Crippen LogP contribution in [-0.4, -0.2) is 140 Å². The van der Waals surface area contributed by atoms with Gasteiger partial charge in [-0.15, -0.1) is 0 Å². The number of hydrogen-bond donors (Lipinski definition) is 6. The number of hydrogen-bond acceptors (Lipinski definition) is 11. The van der Waals surface area contributed by atoms with E-state index in [1.807, 2.05) is 36.4 Å². The molecule has 2 atom stereocenters. The minimum atomic E-state index is -4.88. The lowest BCUT2D eigenvalue weighted by Gasteiger charge is -2.35. The van der Waals surface area contributed by atoms with Crippen LogP contribution in [0.15, 0.2) is 73.0 Å².